The van der Waals surface area contributed by atoms with Gasteiger partial charge in [0.1, 0.15) is 0 Å². The molecule has 1 aromatic heterocycles. The molecule has 200 valence electrons. The predicted molar refractivity (Wildman–Crippen MR) is 144 cm³/mol. The van der Waals surface area contributed by atoms with Crippen LogP contribution in [-0.4, -0.2) is 32.6 Å². The Bertz CT molecular complexity index is 1730. The van der Waals surface area contributed by atoms with Crippen molar-refractivity contribution in [2.75, 3.05) is 11.7 Å². The molecular weight excluding hydrogens is 547 g/mol. The first kappa shape index (κ1) is 25.1. The van der Waals surface area contributed by atoms with Crippen molar-refractivity contribution in [2.45, 2.75) is 32.1 Å². The molecule has 39 heavy (non-hydrogen) atoms. The maximum atomic E-state index is 14.1. The molecule has 2 amide bonds. The number of fused-ring (bicyclic) bond motifs is 1. The SMILES string of the molecule is CC1(C)[C@@H](n2oc(=O)n(-c3cccc(Cl)c3)c2=O)N(c2cccc(Cl)c2)C(=O)N1Cc1ccc2c(c1)OCO2. The summed E-state index contributed by atoms with van der Waals surface area (Å²) in [5, 5.41) is 0.745. The van der Waals surface area contributed by atoms with E-state index in [-0.39, 0.29) is 19.0 Å². The summed E-state index contributed by atoms with van der Waals surface area (Å²) in [5.41, 5.74) is -0.337. The third-order valence-electron chi connectivity index (χ3n) is 6.90. The van der Waals surface area contributed by atoms with Crippen molar-refractivity contribution >= 4 is 34.9 Å². The highest BCUT2D eigenvalue weighted by molar-refractivity contribution is 6.31. The second-order valence-electron chi connectivity index (χ2n) is 9.71. The van der Waals surface area contributed by atoms with Gasteiger partial charge in [0, 0.05) is 22.3 Å². The van der Waals surface area contributed by atoms with Gasteiger partial charge < -0.3 is 18.9 Å². The summed E-state index contributed by atoms with van der Waals surface area (Å²) in [6, 6.07) is 18.0. The highest BCUT2D eigenvalue weighted by Crippen LogP contribution is 2.44. The van der Waals surface area contributed by atoms with E-state index in [0.717, 1.165) is 14.9 Å². The normalized spacial score (nSPS) is 17.7. The Hall–Kier alpha value is -4.15. The average Bonchev–Trinajstić information content (AvgIpc) is 3.52. The van der Waals surface area contributed by atoms with Gasteiger partial charge in [0.25, 0.3) is 0 Å². The molecule has 3 aromatic carbocycles. The minimum atomic E-state index is -1.05. The van der Waals surface area contributed by atoms with E-state index < -0.39 is 29.2 Å². The summed E-state index contributed by atoms with van der Waals surface area (Å²) >= 11 is 12.4. The van der Waals surface area contributed by atoms with Gasteiger partial charge in [-0.3, -0.25) is 4.90 Å². The van der Waals surface area contributed by atoms with Crippen LogP contribution in [0.25, 0.3) is 5.69 Å². The molecule has 1 atom stereocenters. The van der Waals surface area contributed by atoms with Gasteiger partial charge in [-0.15, -0.1) is 4.74 Å². The van der Waals surface area contributed by atoms with Gasteiger partial charge in [0.2, 0.25) is 6.79 Å². The largest absolute Gasteiger partial charge is 0.454 e. The third kappa shape index (κ3) is 4.16. The molecule has 12 heteroatoms. The number of carbonyl (C=O) groups excluding carboxylic acids is 1. The Balaban J connectivity index is 1.48. The molecule has 4 aromatic rings. The molecule has 1 saturated heterocycles. The molecule has 3 heterocycles. The van der Waals surface area contributed by atoms with E-state index >= 15 is 0 Å². The number of urea groups is 1. The van der Waals surface area contributed by atoms with Gasteiger partial charge in [-0.05, 0) is 67.9 Å². The lowest BCUT2D eigenvalue weighted by atomic mass is 9.99. The van der Waals surface area contributed by atoms with E-state index in [0.29, 0.717) is 27.2 Å². The van der Waals surface area contributed by atoms with Gasteiger partial charge in [-0.2, -0.15) is 4.57 Å². The summed E-state index contributed by atoms with van der Waals surface area (Å²) in [7, 11) is 0. The Morgan fingerprint density at radius 1 is 0.872 bits per heavy atom. The lowest BCUT2D eigenvalue weighted by Gasteiger charge is -2.34. The molecule has 6 rings (SSSR count). The third-order valence-corrected chi connectivity index (χ3v) is 7.37. The van der Waals surface area contributed by atoms with E-state index in [9.17, 15) is 14.4 Å². The molecule has 0 N–H and O–H groups in total. The van der Waals surface area contributed by atoms with Crippen molar-refractivity contribution in [3.05, 3.63) is 103 Å². The Kier molecular flexibility index (Phi) is 5.96. The lowest BCUT2D eigenvalue weighted by molar-refractivity contribution is 0.0930. The van der Waals surface area contributed by atoms with Crippen molar-refractivity contribution in [3.8, 4) is 17.2 Å². The van der Waals surface area contributed by atoms with Crippen LogP contribution in [0.15, 0.2) is 80.8 Å². The minimum Gasteiger partial charge on any atom is -0.454 e. The molecular formula is C27H22Cl2N4O6. The van der Waals surface area contributed by atoms with Crippen LogP contribution in [0.1, 0.15) is 25.6 Å². The molecule has 0 unspecified atom stereocenters. The highest BCUT2D eigenvalue weighted by Gasteiger charge is 2.55. The van der Waals surface area contributed by atoms with Crippen LogP contribution in [0.3, 0.4) is 0 Å². The number of carbonyl (C=O) groups is 1. The summed E-state index contributed by atoms with van der Waals surface area (Å²) < 4.78 is 18.2. The van der Waals surface area contributed by atoms with Gasteiger partial charge in [-0.25, -0.2) is 14.4 Å². The lowest BCUT2D eigenvalue weighted by Crippen LogP contribution is -2.46. The van der Waals surface area contributed by atoms with Crippen molar-refractivity contribution in [2.24, 2.45) is 0 Å². The number of rotatable bonds is 5. The monoisotopic (exact) mass is 568 g/mol. The fourth-order valence-electron chi connectivity index (χ4n) is 5.03. The van der Waals surface area contributed by atoms with Crippen LogP contribution < -0.4 is 25.8 Å². The van der Waals surface area contributed by atoms with Crippen molar-refractivity contribution < 1.29 is 18.8 Å². The van der Waals surface area contributed by atoms with E-state index in [1.165, 1.54) is 11.0 Å². The van der Waals surface area contributed by atoms with E-state index in [1.54, 1.807) is 67.3 Å². The molecule has 2 aliphatic heterocycles. The van der Waals surface area contributed by atoms with Gasteiger partial charge in [0.15, 0.2) is 17.7 Å². The topological polar surface area (TPSA) is 99.2 Å². The number of anilines is 1. The fraction of sp³-hybridized carbons (Fsp3) is 0.222. The zero-order valence-corrected chi connectivity index (χ0v) is 22.3. The quantitative estimate of drug-likeness (QED) is 0.334. The Morgan fingerprint density at radius 2 is 1.54 bits per heavy atom. The first-order valence-corrected chi connectivity index (χ1v) is 12.8. The first-order chi connectivity index (χ1) is 18.6. The molecule has 10 nitrogen and oxygen atoms in total. The van der Waals surface area contributed by atoms with Crippen LogP contribution in [0.5, 0.6) is 11.5 Å². The number of hydrogen-bond acceptors (Lipinski definition) is 6. The zero-order valence-electron chi connectivity index (χ0n) is 20.8. The number of aromatic nitrogens is 2. The molecule has 0 radical (unpaired) electrons. The van der Waals surface area contributed by atoms with E-state index in [1.807, 2.05) is 12.1 Å². The standard InChI is InChI=1S/C27H22Cl2N4O6/c1-27(2)23(33-25(35)32(26(36)39-33)20-8-4-6-18(29)13-20)31(19-7-3-5-17(28)12-19)24(34)30(27)14-16-9-10-21-22(11-16)38-15-37-21/h3-13,23H,14-15H2,1-2H3/t23-/m1/s1. The van der Waals surface area contributed by atoms with Gasteiger partial charge in [-0.1, -0.05) is 41.4 Å². The predicted octanol–water partition coefficient (Wildman–Crippen LogP) is 5.05. The maximum absolute atomic E-state index is 14.1. The minimum absolute atomic E-state index is 0.128. The van der Waals surface area contributed by atoms with Crippen LogP contribution in [0.2, 0.25) is 10.0 Å². The molecule has 2 aliphatic rings. The molecule has 0 saturated carbocycles. The van der Waals surface area contributed by atoms with Gasteiger partial charge in [0.05, 0.1) is 11.2 Å². The average molecular weight is 569 g/mol. The first-order valence-electron chi connectivity index (χ1n) is 12.0. The molecule has 0 bridgehead atoms. The Labute approximate surface area is 232 Å². The van der Waals surface area contributed by atoms with Crippen LogP contribution in [0, 0.1) is 0 Å². The van der Waals surface area contributed by atoms with Crippen LogP contribution >= 0.6 is 23.2 Å². The number of nitrogens with zero attached hydrogens (tertiary/aromatic N) is 4. The zero-order chi connectivity index (χ0) is 27.5. The number of halogens is 2. The van der Waals surface area contributed by atoms with Gasteiger partial charge >= 0.3 is 17.5 Å². The fourth-order valence-corrected chi connectivity index (χ4v) is 5.39. The van der Waals surface area contributed by atoms with Crippen LogP contribution in [-0.2, 0) is 6.54 Å². The molecule has 0 spiro atoms. The van der Waals surface area contributed by atoms with Crippen molar-refractivity contribution in [1.82, 2.24) is 14.2 Å². The second kappa shape index (κ2) is 9.25. The van der Waals surface area contributed by atoms with E-state index in [2.05, 4.69) is 0 Å². The Morgan fingerprint density at radius 3 is 2.26 bits per heavy atom. The second-order valence-corrected chi connectivity index (χ2v) is 10.6. The number of hydrogen-bond donors (Lipinski definition) is 0. The summed E-state index contributed by atoms with van der Waals surface area (Å²) in [5.74, 6) is 0.298. The van der Waals surface area contributed by atoms with Crippen molar-refractivity contribution in [3.63, 3.8) is 0 Å². The summed E-state index contributed by atoms with van der Waals surface area (Å²) in [6.45, 7) is 3.92. The number of benzene rings is 3. The molecule has 0 aliphatic carbocycles. The van der Waals surface area contributed by atoms with E-state index in [4.69, 9.17) is 37.2 Å². The smallest absolute Gasteiger partial charge is 0.447 e. The van der Waals surface area contributed by atoms with Crippen molar-refractivity contribution in [1.29, 1.82) is 0 Å². The highest BCUT2D eigenvalue weighted by atomic mass is 35.5. The number of amides is 2. The summed E-state index contributed by atoms with van der Waals surface area (Å²) in [4.78, 5) is 43.7. The number of ether oxygens (including phenoxy) is 2. The van der Waals surface area contributed by atoms with Crippen LogP contribution in [0.4, 0.5) is 10.5 Å². The summed E-state index contributed by atoms with van der Waals surface area (Å²) in [6.07, 6.45) is -1.04. The maximum Gasteiger partial charge on any atom is 0.447 e. The molecule has 1 fully saturated rings.